The summed E-state index contributed by atoms with van der Waals surface area (Å²) in [6.45, 7) is 11.2. The Balaban J connectivity index is 2.18. The van der Waals surface area contributed by atoms with E-state index in [1.807, 2.05) is 4.90 Å². The molecular weight excluding hydrogens is 272 g/mol. The molecule has 22 heavy (non-hydrogen) atoms. The Bertz CT molecular complexity index is 727. The maximum absolute atomic E-state index is 13.0. The number of fused-ring (bicyclic) bond motifs is 3. The number of nitrogens with zero attached hydrogens (tertiary/aromatic N) is 2. The van der Waals surface area contributed by atoms with Crippen molar-refractivity contribution in [2.75, 3.05) is 13.1 Å². The van der Waals surface area contributed by atoms with Crippen LogP contribution in [0.4, 0.5) is 0 Å². The normalized spacial score (nSPS) is 14.7. The number of unbranched alkanes of at least 4 members (excludes halogenated alkanes) is 1. The molecule has 3 nitrogen and oxygen atoms in total. The Morgan fingerprint density at radius 3 is 2.64 bits per heavy atom. The lowest BCUT2D eigenvalue weighted by molar-refractivity contribution is 0.0726. The van der Waals surface area contributed by atoms with Gasteiger partial charge >= 0.3 is 0 Å². The van der Waals surface area contributed by atoms with Gasteiger partial charge in [0.05, 0.1) is 5.52 Å². The molecule has 0 N–H and O–H groups in total. The summed E-state index contributed by atoms with van der Waals surface area (Å²) in [4.78, 5) is 15.0. The standard InChI is InChI=1S/C19H26N2O/c1-5-7-9-20-10-8-15-16-12-13(3)11-14(4)17(16)21(6-2)18(15)19(20)22/h11-12H,5-10H2,1-4H3. The molecule has 0 unspecified atom stereocenters. The van der Waals surface area contributed by atoms with Gasteiger partial charge in [-0.05, 0) is 50.8 Å². The zero-order valence-corrected chi connectivity index (χ0v) is 14.2. The summed E-state index contributed by atoms with van der Waals surface area (Å²) in [6, 6.07) is 4.47. The number of aromatic nitrogens is 1. The molecule has 1 amide bonds. The molecule has 3 heteroatoms. The molecule has 0 spiro atoms. The van der Waals surface area contributed by atoms with Crippen molar-refractivity contribution in [1.29, 1.82) is 0 Å². The lowest BCUT2D eigenvalue weighted by Gasteiger charge is -2.28. The van der Waals surface area contributed by atoms with Gasteiger partial charge in [0, 0.05) is 25.0 Å². The van der Waals surface area contributed by atoms with Crippen LogP contribution in [0.3, 0.4) is 0 Å². The molecule has 1 aliphatic heterocycles. The van der Waals surface area contributed by atoms with Crippen molar-refractivity contribution in [3.05, 3.63) is 34.5 Å². The molecule has 2 aromatic rings. The third kappa shape index (κ3) is 2.23. The molecule has 0 saturated heterocycles. The van der Waals surface area contributed by atoms with E-state index in [9.17, 15) is 4.79 Å². The predicted octanol–water partition coefficient (Wildman–Crippen LogP) is 4.08. The highest BCUT2D eigenvalue weighted by atomic mass is 16.2. The van der Waals surface area contributed by atoms with Crippen LogP contribution in [-0.4, -0.2) is 28.5 Å². The molecular formula is C19H26N2O. The van der Waals surface area contributed by atoms with Crippen LogP contribution >= 0.6 is 0 Å². The van der Waals surface area contributed by atoms with Crippen LogP contribution in [0.25, 0.3) is 10.9 Å². The van der Waals surface area contributed by atoms with E-state index >= 15 is 0 Å². The van der Waals surface area contributed by atoms with Crippen LogP contribution in [0.2, 0.25) is 0 Å². The summed E-state index contributed by atoms with van der Waals surface area (Å²) in [6.07, 6.45) is 3.20. The number of rotatable bonds is 4. The Morgan fingerprint density at radius 1 is 1.18 bits per heavy atom. The van der Waals surface area contributed by atoms with Crippen molar-refractivity contribution in [1.82, 2.24) is 9.47 Å². The zero-order chi connectivity index (χ0) is 15.9. The maximum Gasteiger partial charge on any atom is 0.270 e. The first-order valence-electron chi connectivity index (χ1n) is 8.50. The second-order valence-corrected chi connectivity index (χ2v) is 6.45. The molecule has 0 radical (unpaired) electrons. The summed E-state index contributed by atoms with van der Waals surface area (Å²) in [5, 5.41) is 1.29. The lowest BCUT2D eigenvalue weighted by atomic mass is 10.00. The van der Waals surface area contributed by atoms with Crippen molar-refractivity contribution in [2.24, 2.45) is 0 Å². The van der Waals surface area contributed by atoms with Gasteiger partial charge in [-0.15, -0.1) is 0 Å². The quantitative estimate of drug-likeness (QED) is 0.835. The second kappa shape index (κ2) is 5.79. The van der Waals surface area contributed by atoms with Crippen LogP contribution < -0.4 is 0 Å². The first kappa shape index (κ1) is 15.1. The molecule has 1 aliphatic rings. The van der Waals surface area contributed by atoms with Gasteiger partial charge < -0.3 is 9.47 Å². The molecule has 0 atom stereocenters. The fourth-order valence-corrected chi connectivity index (χ4v) is 3.82. The van der Waals surface area contributed by atoms with Crippen molar-refractivity contribution >= 4 is 16.8 Å². The average Bonchev–Trinajstić information content (AvgIpc) is 2.81. The molecule has 0 saturated carbocycles. The Morgan fingerprint density at radius 2 is 1.95 bits per heavy atom. The minimum Gasteiger partial charge on any atom is -0.337 e. The number of benzene rings is 1. The summed E-state index contributed by atoms with van der Waals surface area (Å²) < 4.78 is 2.24. The highest BCUT2D eigenvalue weighted by molar-refractivity contribution is 6.03. The van der Waals surface area contributed by atoms with Gasteiger partial charge in [0.2, 0.25) is 0 Å². The van der Waals surface area contributed by atoms with E-state index in [0.717, 1.165) is 44.6 Å². The van der Waals surface area contributed by atoms with Crippen molar-refractivity contribution in [2.45, 2.75) is 53.5 Å². The summed E-state index contributed by atoms with van der Waals surface area (Å²) in [7, 11) is 0. The highest BCUT2D eigenvalue weighted by Crippen LogP contribution is 2.33. The van der Waals surface area contributed by atoms with Gasteiger partial charge in [0.1, 0.15) is 5.69 Å². The van der Waals surface area contributed by atoms with Crippen molar-refractivity contribution in [3.63, 3.8) is 0 Å². The second-order valence-electron chi connectivity index (χ2n) is 6.45. The minimum atomic E-state index is 0.227. The number of aryl methyl sites for hydroxylation is 3. The van der Waals surface area contributed by atoms with Gasteiger partial charge in [-0.25, -0.2) is 0 Å². The molecule has 118 valence electrons. The fourth-order valence-electron chi connectivity index (χ4n) is 3.82. The van der Waals surface area contributed by atoms with E-state index < -0.39 is 0 Å². The third-order valence-electron chi connectivity index (χ3n) is 4.81. The molecule has 1 aromatic carbocycles. The first-order chi connectivity index (χ1) is 10.6. The van der Waals surface area contributed by atoms with E-state index in [2.05, 4.69) is 44.4 Å². The number of hydrogen-bond donors (Lipinski definition) is 0. The zero-order valence-electron chi connectivity index (χ0n) is 14.2. The van der Waals surface area contributed by atoms with Gasteiger partial charge in [-0.1, -0.05) is 25.0 Å². The number of hydrogen-bond acceptors (Lipinski definition) is 1. The summed E-state index contributed by atoms with van der Waals surface area (Å²) in [5.41, 5.74) is 6.01. The number of carbonyl (C=O) groups is 1. The van der Waals surface area contributed by atoms with Crippen LogP contribution in [0.1, 0.15) is 53.9 Å². The van der Waals surface area contributed by atoms with Crippen LogP contribution in [0.5, 0.6) is 0 Å². The smallest absolute Gasteiger partial charge is 0.270 e. The first-order valence-corrected chi connectivity index (χ1v) is 8.50. The van der Waals surface area contributed by atoms with Gasteiger partial charge in [-0.3, -0.25) is 4.79 Å². The Labute approximate surface area is 132 Å². The largest absolute Gasteiger partial charge is 0.337 e. The Kier molecular flexibility index (Phi) is 3.98. The summed E-state index contributed by atoms with van der Waals surface area (Å²) in [5.74, 6) is 0.227. The number of amides is 1. The van der Waals surface area contributed by atoms with E-state index in [1.165, 1.54) is 27.6 Å². The van der Waals surface area contributed by atoms with E-state index in [-0.39, 0.29) is 5.91 Å². The SMILES string of the molecule is CCCCN1CCc2c(n(CC)c3c(C)cc(C)cc23)C1=O. The van der Waals surface area contributed by atoms with Crippen molar-refractivity contribution in [3.8, 4) is 0 Å². The molecule has 0 aliphatic carbocycles. The summed E-state index contributed by atoms with van der Waals surface area (Å²) >= 11 is 0. The lowest BCUT2D eigenvalue weighted by Crippen LogP contribution is -2.39. The molecule has 1 aromatic heterocycles. The fraction of sp³-hybridized carbons (Fsp3) is 0.526. The topological polar surface area (TPSA) is 25.2 Å². The highest BCUT2D eigenvalue weighted by Gasteiger charge is 2.30. The average molecular weight is 298 g/mol. The van der Waals surface area contributed by atoms with Gasteiger partial charge in [0.15, 0.2) is 0 Å². The van der Waals surface area contributed by atoms with Crippen molar-refractivity contribution < 1.29 is 4.79 Å². The maximum atomic E-state index is 13.0. The third-order valence-corrected chi connectivity index (χ3v) is 4.81. The van der Waals surface area contributed by atoms with E-state index in [4.69, 9.17) is 0 Å². The van der Waals surface area contributed by atoms with Gasteiger partial charge in [-0.2, -0.15) is 0 Å². The van der Waals surface area contributed by atoms with E-state index in [1.54, 1.807) is 0 Å². The predicted molar refractivity (Wildman–Crippen MR) is 91.6 cm³/mol. The molecule has 3 rings (SSSR count). The monoisotopic (exact) mass is 298 g/mol. The number of carbonyl (C=O) groups excluding carboxylic acids is 1. The molecule has 0 fully saturated rings. The van der Waals surface area contributed by atoms with Crippen LogP contribution in [-0.2, 0) is 13.0 Å². The van der Waals surface area contributed by atoms with E-state index in [0.29, 0.717) is 0 Å². The van der Waals surface area contributed by atoms with Gasteiger partial charge in [0.25, 0.3) is 5.91 Å². The molecule has 0 bridgehead atoms. The molecule has 2 heterocycles. The van der Waals surface area contributed by atoms with Crippen LogP contribution in [0.15, 0.2) is 12.1 Å². The Hall–Kier alpha value is -1.77. The van der Waals surface area contributed by atoms with Crippen LogP contribution in [0, 0.1) is 13.8 Å². The minimum absolute atomic E-state index is 0.227.